The zero-order valence-corrected chi connectivity index (χ0v) is 11.0. The van der Waals surface area contributed by atoms with Crippen LogP contribution in [0.3, 0.4) is 0 Å². The van der Waals surface area contributed by atoms with Crippen molar-refractivity contribution >= 4 is 33.1 Å². The number of aromatic amines is 1. The minimum atomic E-state index is -3.79. The molecule has 4 N–H and O–H groups in total. The fraction of sp³-hybridized carbons (Fsp3) is 0.100. The van der Waals surface area contributed by atoms with Crippen LogP contribution in [-0.2, 0) is 10.0 Å². The first-order valence-corrected chi connectivity index (χ1v) is 6.84. The van der Waals surface area contributed by atoms with Gasteiger partial charge in [0, 0.05) is 0 Å². The van der Waals surface area contributed by atoms with Gasteiger partial charge in [-0.05, 0) is 24.6 Å². The molecule has 0 amide bonds. The first kappa shape index (κ1) is 12.7. The van der Waals surface area contributed by atoms with Crippen LogP contribution in [0.2, 0.25) is 5.02 Å². The topological polar surface area (TPSA) is 101 Å². The highest BCUT2D eigenvalue weighted by Crippen LogP contribution is 2.26. The van der Waals surface area contributed by atoms with Crippen molar-refractivity contribution in [2.75, 3.05) is 10.5 Å². The summed E-state index contributed by atoms with van der Waals surface area (Å²) < 4.78 is 26.4. The number of rotatable bonds is 3. The van der Waals surface area contributed by atoms with Crippen molar-refractivity contribution in [2.24, 2.45) is 0 Å². The van der Waals surface area contributed by atoms with Gasteiger partial charge in [-0.2, -0.15) is 5.10 Å². The third-order valence-corrected chi connectivity index (χ3v) is 4.01. The molecule has 0 bridgehead atoms. The van der Waals surface area contributed by atoms with Crippen LogP contribution in [-0.4, -0.2) is 18.6 Å². The highest BCUT2D eigenvalue weighted by atomic mass is 35.5. The third kappa shape index (κ3) is 2.41. The van der Waals surface area contributed by atoms with Gasteiger partial charge in [0.1, 0.15) is 10.7 Å². The van der Waals surface area contributed by atoms with Crippen LogP contribution in [0.1, 0.15) is 5.56 Å². The minimum Gasteiger partial charge on any atom is -0.383 e. The van der Waals surface area contributed by atoms with Gasteiger partial charge in [0.25, 0.3) is 10.0 Å². The Morgan fingerprint density at radius 1 is 1.44 bits per heavy atom. The lowest BCUT2D eigenvalue weighted by Crippen LogP contribution is -2.14. The molecule has 18 heavy (non-hydrogen) atoms. The second kappa shape index (κ2) is 4.51. The normalized spacial score (nSPS) is 11.4. The first-order valence-electron chi connectivity index (χ1n) is 4.98. The molecule has 8 heteroatoms. The number of benzene rings is 1. The zero-order chi connectivity index (χ0) is 13.3. The molecule has 0 spiro atoms. The molecule has 0 saturated carbocycles. The Balaban J connectivity index is 2.40. The molecule has 0 fully saturated rings. The van der Waals surface area contributed by atoms with Crippen molar-refractivity contribution in [1.82, 2.24) is 10.2 Å². The van der Waals surface area contributed by atoms with Crippen molar-refractivity contribution < 1.29 is 8.42 Å². The number of hydrogen-bond donors (Lipinski definition) is 3. The van der Waals surface area contributed by atoms with Gasteiger partial charge < -0.3 is 5.73 Å². The van der Waals surface area contributed by atoms with Crippen molar-refractivity contribution in [2.45, 2.75) is 11.8 Å². The summed E-state index contributed by atoms with van der Waals surface area (Å²) in [4.78, 5) is -0.111. The van der Waals surface area contributed by atoms with Crippen molar-refractivity contribution in [1.29, 1.82) is 0 Å². The van der Waals surface area contributed by atoms with E-state index in [1.807, 2.05) is 6.92 Å². The number of aryl methyl sites for hydroxylation is 1. The maximum atomic E-state index is 12.0. The maximum absolute atomic E-state index is 12.0. The SMILES string of the molecule is Cc1ccc(Cl)c(NS(=O)(=O)c2cn[nH]c2N)c1. The van der Waals surface area contributed by atoms with E-state index < -0.39 is 10.0 Å². The van der Waals surface area contributed by atoms with Gasteiger partial charge in [0.15, 0.2) is 0 Å². The van der Waals surface area contributed by atoms with Crippen molar-refractivity contribution in [3.05, 3.63) is 35.0 Å². The molecule has 0 aliphatic rings. The van der Waals surface area contributed by atoms with E-state index in [9.17, 15) is 8.42 Å². The van der Waals surface area contributed by atoms with E-state index in [1.54, 1.807) is 18.2 Å². The minimum absolute atomic E-state index is 0.0220. The van der Waals surface area contributed by atoms with E-state index in [2.05, 4.69) is 14.9 Å². The van der Waals surface area contributed by atoms with Gasteiger partial charge in [0.2, 0.25) is 0 Å². The highest BCUT2D eigenvalue weighted by Gasteiger charge is 2.20. The van der Waals surface area contributed by atoms with E-state index >= 15 is 0 Å². The van der Waals surface area contributed by atoms with Gasteiger partial charge in [-0.25, -0.2) is 8.42 Å². The van der Waals surface area contributed by atoms with Crippen molar-refractivity contribution in [3.8, 4) is 0 Å². The van der Waals surface area contributed by atoms with Crippen LogP contribution in [0, 0.1) is 6.92 Å². The Kier molecular flexibility index (Phi) is 3.18. The van der Waals surface area contributed by atoms with E-state index in [0.29, 0.717) is 10.7 Å². The third-order valence-electron chi connectivity index (χ3n) is 2.29. The number of aromatic nitrogens is 2. The smallest absolute Gasteiger partial charge is 0.267 e. The lowest BCUT2D eigenvalue weighted by molar-refractivity contribution is 0.601. The Labute approximate surface area is 109 Å². The number of nitrogens with two attached hydrogens (primary N) is 1. The summed E-state index contributed by atoms with van der Waals surface area (Å²) in [6.45, 7) is 1.83. The fourth-order valence-electron chi connectivity index (χ4n) is 1.42. The van der Waals surface area contributed by atoms with Crippen LogP contribution >= 0.6 is 11.6 Å². The number of anilines is 2. The largest absolute Gasteiger partial charge is 0.383 e. The lowest BCUT2D eigenvalue weighted by Gasteiger charge is -2.09. The standard InChI is InChI=1S/C10H11ClN4O2S/c1-6-2-3-7(11)8(4-6)15-18(16,17)9-5-13-14-10(9)12/h2-5,15H,1H3,(H3,12,13,14). The summed E-state index contributed by atoms with van der Waals surface area (Å²) in [6, 6.07) is 5.04. The predicted molar refractivity (Wildman–Crippen MR) is 70.0 cm³/mol. The van der Waals surface area contributed by atoms with Crippen molar-refractivity contribution in [3.63, 3.8) is 0 Å². The zero-order valence-electron chi connectivity index (χ0n) is 9.44. The van der Waals surface area contributed by atoms with Crippen LogP contribution in [0.15, 0.2) is 29.3 Å². The average molecular weight is 287 g/mol. The molecule has 1 aromatic heterocycles. The maximum Gasteiger partial charge on any atom is 0.267 e. The number of nitrogens with one attached hydrogen (secondary N) is 2. The molecule has 2 aromatic rings. The number of nitrogens with zero attached hydrogens (tertiary/aromatic N) is 1. The summed E-state index contributed by atoms with van der Waals surface area (Å²) >= 11 is 5.92. The average Bonchev–Trinajstić information content (AvgIpc) is 2.70. The van der Waals surface area contributed by atoms with Crippen LogP contribution in [0.5, 0.6) is 0 Å². The molecule has 6 nitrogen and oxygen atoms in total. The molecule has 0 saturated heterocycles. The molecular weight excluding hydrogens is 276 g/mol. The van der Waals surface area contributed by atoms with Crippen LogP contribution in [0.4, 0.5) is 11.5 Å². The molecule has 0 aliphatic carbocycles. The van der Waals surface area contributed by atoms with Gasteiger partial charge in [-0.15, -0.1) is 0 Å². The number of hydrogen-bond acceptors (Lipinski definition) is 4. The molecular formula is C10H11ClN4O2S. The molecule has 2 rings (SSSR count). The summed E-state index contributed by atoms with van der Waals surface area (Å²) in [6.07, 6.45) is 1.14. The molecule has 0 aliphatic heterocycles. The monoisotopic (exact) mass is 286 g/mol. The Morgan fingerprint density at radius 3 is 2.78 bits per heavy atom. The molecule has 0 atom stereocenters. The van der Waals surface area contributed by atoms with Gasteiger partial charge in [0.05, 0.1) is 16.9 Å². The number of halogens is 1. The van der Waals surface area contributed by atoms with Gasteiger partial charge >= 0.3 is 0 Å². The van der Waals surface area contributed by atoms with E-state index in [0.717, 1.165) is 11.8 Å². The summed E-state index contributed by atoms with van der Waals surface area (Å²) in [7, 11) is -3.79. The van der Waals surface area contributed by atoms with Crippen LogP contribution in [0.25, 0.3) is 0 Å². The summed E-state index contributed by atoms with van der Waals surface area (Å²) in [5.41, 5.74) is 6.67. The van der Waals surface area contributed by atoms with E-state index in [-0.39, 0.29) is 10.7 Å². The first-order chi connectivity index (χ1) is 8.40. The van der Waals surface area contributed by atoms with Gasteiger partial charge in [-0.1, -0.05) is 17.7 Å². The number of nitrogen functional groups attached to an aromatic ring is 1. The predicted octanol–water partition coefficient (Wildman–Crippen LogP) is 1.75. The molecule has 1 heterocycles. The fourth-order valence-corrected chi connectivity index (χ4v) is 2.73. The highest BCUT2D eigenvalue weighted by molar-refractivity contribution is 7.92. The number of sulfonamides is 1. The van der Waals surface area contributed by atoms with E-state index in [4.69, 9.17) is 17.3 Å². The second-order valence-corrected chi connectivity index (χ2v) is 5.79. The molecule has 0 radical (unpaired) electrons. The second-order valence-electron chi connectivity index (χ2n) is 3.74. The van der Waals surface area contributed by atoms with Crippen LogP contribution < -0.4 is 10.5 Å². The summed E-state index contributed by atoms with van der Waals surface area (Å²) in [5.74, 6) is -0.0220. The Morgan fingerprint density at radius 2 is 2.17 bits per heavy atom. The molecule has 96 valence electrons. The van der Waals surface area contributed by atoms with Gasteiger partial charge in [-0.3, -0.25) is 9.82 Å². The number of H-pyrrole nitrogens is 1. The lowest BCUT2D eigenvalue weighted by atomic mass is 10.2. The molecule has 1 aromatic carbocycles. The summed E-state index contributed by atoms with van der Waals surface area (Å²) in [5, 5.41) is 6.24. The Bertz CT molecular complexity index is 681. The quantitative estimate of drug-likeness (QED) is 0.800. The molecule has 0 unspecified atom stereocenters. The van der Waals surface area contributed by atoms with E-state index in [1.165, 1.54) is 0 Å². The Hall–Kier alpha value is -1.73.